The Morgan fingerprint density at radius 1 is 1.16 bits per heavy atom. The quantitative estimate of drug-likeness (QED) is 0.772. The average molecular weight is 355 g/mol. The topological polar surface area (TPSA) is 55.0 Å². The molecule has 0 fully saturated rings. The number of nitrogens with one attached hydrogen (secondary N) is 1. The first-order valence-electron chi connectivity index (χ1n) is 8.27. The Hall–Kier alpha value is -2.44. The van der Waals surface area contributed by atoms with Crippen LogP contribution in [0.15, 0.2) is 51.0 Å². The van der Waals surface area contributed by atoms with E-state index in [1.807, 2.05) is 37.7 Å². The smallest absolute Gasteiger partial charge is 0.291 e. The van der Waals surface area contributed by atoms with Gasteiger partial charge in [0, 0.05) is 4.88 Å². The fourth-order valence-corrected chi connectivity index (χ4v) is 4.13. The van der Waals surface area contributed by atoms with Crippen molar-refractivity contribution in [1.82, 2.24) is 4.90 Å². The number of fused-ring (bicyclic) bond motifs is 2. The molecule has 1 aliphatic rings. The van der Waals surface area contributed by atoms with Crippen LogP contribution in [-0.2, 0) is 0 Å². The summed E-state index contributed by atoms with van der Waals surface area (Å²) < 4.78 is 5.87. The molecule has 25 heavy (non-hydrogen) atoms. The van der Waals surface area contributed by atoms with E-state index >= 15 is 0 Å². The van der Waals surface area contributed by atoms with Crippen LogP contribution >= 0.6 is 11.3 Å². The van der Waals surface area contributed by atoms with E-state index in [1.54, 1.807) is 34.4 Å². The summed E-state index contributed by atoms with van der Waals surface area (Å²) in [5, 5.41) is 2.49. The van der Waals surface area contributed by atoms with Gasteiger partial charge < -0.3 is 14.2 Å². The lowest BCUT2D eigenvalue weighted by atomic mass is 10.0. The highest BCUT2D eigenvalue weighted by molar-refractivity contribution is 7.10. The third-order valence-corrected chi connectivity index (χ3v) is 5.46. The Bertz CT molecular complexity index is 992. The van der Waals surface area contributed by atoms with Crippen molar-refractivity contribution < 1.29 is 14.1 Å². The van der Waals surface area contributed by atoms with Crippen LogP contribution in [0.2, 0.25) is 0 Å². The number of hydrogen-bond donors (Lipinski definition) is 1. The molecular formula is C19H19N2O3S+. The summed E-state index contributed by atoms with van der Waals surface area (Å²) in [7, 11) is 4.09. The van der Waals surface area contributed by atoms with Crippen LogP contribution in [-0.4, -0.2) is 38.0 Å². The zero-order chi connectivity index (χ0) is 17.6. The number of thiophene rings is 1. The van der Waals surface area contributed by atoms with Gasteiger partial charge in [0.2, 0.25) is 5.76 Å². The number of hydrogen-bond acceptors (Lipinski definition) is 4. The highest BCUT2D eigenvalue weighted by Crippen LogP contribution is 2.39. The monoisotopic (exact) mass is 355 g/mol. The maximum absolute atomic E-state index is 13.1. The van der Waals surface area contributed by atoms with Gasteiger partial charge in [-0.3, -0.25) is 9.59 Å². The second-order valence-electron chi connectivity index (χ2n) is 6.54. The Balaban J connectivity index is 1.92. The van der Waals surface area contributed by atoms with E-state index < -0.39 is 0 Å². The Morgan fingerprint density at radius 3 is 2.68 bits per heavy atom. The van der Waals surface area contributed by atoms with Crippen molar-refractivity contribution in [2.45, 2.75) is 6.04 Å². The van der Waals surface area contributed by atoms with Gasteiger partial charge in [-0.2, -0.15) is 0 Å². The lowest BCUT2D eigenvalue weighted by Gasteiger charge is -2.24. The van der Waals surface area contributed by atoms with Crippen LogP contribution < -0.4 is 10.3 Å². The fraction of sp³-hybridized carbons (Fsp3) is 0.263. The summed E-state index contributed by atoms with van der Waals surface area (Å²) in [6.07, 6.45) is 0. The molecule has 1 N–H and O–H groups in total. The molecule has 0 bridgehead atoms. The number of para-hydroxylation sites is 1. The number of likely N-dealkylation sites (N-methyl/N-ethyl adjacent to an activating group) is 1. The number of amides is 1. The van der Waals surface area contributed by atoms with E-state index in [9.17, 15) is 9.59 Å². The van der Waals surface area contributed by atoms with E-state index in [0.717, 1.165) is 11.4 Å². The van der Waals surface area contributed by atoms with Crippen molar-refractivity contribution in [3.05, 3.63) is 68.2 Å². The highest BCUT2D eigenvalue weighted by Gasteiger charge is 2.43. The molecule has 3 aromatic rings. The van der Waals surface area contributed by atoms with Gasteiger partial charge in [0.25, 0.3) is 5.91 Å². The lowest BCUT2D eigenvalue weighted by molar-refractivity contribution is -0.857. The van der Waals surface area contributed by atoms with Gasteiger partial charge >= 0.3 is 0 Å². The predicted octanol–water partition coefficient (Wildman–Crippen LogP) is 1.54. The lowest BCUT2D eigenvalue weighted by Crippen LogP contribution is -3.06. The first kappa shape index (κ1) is 16.1. The number of quaternary nitrogens is 1. The minimum absolute atomic E-state index is 0.108. The van der Waals surface area contributed by atoms with Crippen LogP contribution in [0.4, 0.5) is 0 Å². The molecule has 2 aromatic heterocycles. The third-order valence-electron chi connectivity index (χ3n) is 4.54. The molecule has 1 aliphatic heterocycles. The third kappa shape index (κ3) is 2.58. The predicted molar refractivity (Wildman–Crippen MR) is 97.4 cm³/mol. The molecule has 5 nitrogen and oxygen atoms in total. The molecule has 0 unspecified atom stereocenters. The van der Waals surface area contributed by atoms with Gasteiger partial charge in [-0.05, 0) is 23.6 Å². The molecular weight excluding hydrogens is 336 g/mol. The number of carbonyl (C=O) groups is 1. The summed E-state index contributed by atoms with van der Waals surface area (Å²) in [4.78, 5) is 30.1. The highest BCUT2D eigenvalue weighted by atomic mass is 32.1. The number of rotatable bonds is 4. The molecule has 0 spiro atoms. The maximum atomic E-state index is 13.1. The summed E-state index contributed by atoms with van der Waals surface area (Å²) in [5.41, 5.74) is 0.827. The summed E-state index contributed by atoms with van der Waals surface area (Å²) >= 11 is 1.56. The normalized spacial score (nSPS) is 16.8. The summed E-state index contributed by atoms with van der Waals surface area (Å²) in [6, 6.07) is 10.7. The Morgan fingerprint density at radius 2 is 1.96 bits per heavy atom. The molecule has 0 saturated carbocycles. The molecule has 128 valence electrons. The number of benzene rings is 1. The second-order valence-corrected chi connectivity index (χ2v) is 7.52. The van der Waals surface area contributed by atoms with E-state index in [1.165, 1.54) is 4.90 Å². The maximum Gasteiger partial charge on any atom is 0.291 e. The van der Waals surface area contributed by atoms with E-state index in [0.29, 0.717) is 23.1 Å². The van der Waals surface area contributed by atoms with Gasteiger partial charge in [0.1, 0.15) is 5.58 Å². The zero-order valence-corrected chi connectivity index (χ0v) is 14.9. The molecule has 0 aliphatic carbocycles. The van der Waals surface area contributed by atoms with Crippen LogP contribution in [0.25, 0.3) is 11.0 Å². The molecule has 1 aromatic carbocycles. The van der Waals surface area contributed by atoms with Crippen LogP contribution in [0, 0.1) is 0 Å². The molecule has 1 amide bonds. The molecule has 0 saturated heterocycles. The standard InChI is InChI=1S/C19H18N2O3S/c1-20(2)9-10-21-16(14-8-5-11-25-14)15-17(22)12-6-3-4-7-13(12)24-18(15)19(21)23/h3-8,11,16H,9-10H2,1-2H3/p+1/t16-/m0/s1. The molecule has 6 heteroatoms. The van der Waals surface area contributed by atoms with Crippen LogP contribution in [0.1, 0.15) is 27.0 Å². The van der Waals surface area contributed by atoms with Gasteiger partial charge in [-0.1, -0.05) is 18.2 Å². The van der Waals surface area contributed by atoms with Crippen molar-refractivity contribution in [2.24, 2.45) is 0 Å². The molecule has 1 atom stereocenters. The van der Waals surface area contributed by atoms with Crippen molar-refractivity contribution in [3.63, 3.8) is 0 Å². The van der Waals surface area contributed by atoms with Gasteiger partial charge in [0.05, 0.1) is 44.2 Å². The molecule has 4 rings (SSSR count). The minimum Gasteiger partial charge on any atom is -0.450 e. The van der Waals surface area contributed by atoms with Crippen molar-refractivity contribution in [1.29, 1.82) is 0 Å². The molecule has 0 radical (unpaired) electrons. The van der Waals surface area contributed by atoms with Gasteiger partial charge in [0.15, 0.2) is 5.43 Å². The van der Waals surface area contributed by atoms with Crippen LogP contribution in [0.5, 0.6) is 0 Å². The summed E-state index contributed by atoms with van der Waals surface area (Å²) in [6.45, 7) is 1.37. The molecule has 3 heterocycles. The van der Waals surface area contributed by atoms with Crippen molar-refractivity contribution in [3.8, 4) is 0 Å². The first-order valence-corrected chi connectivity index (χ1v) is 9.15. The SMILES string of the molecule is C[NH+](C)CCN1C(=O)c2oc3ccccc3c(=O)c2[C@@H]1c1cccs1. The van der Waals surface area contributed by atoms with Crippen LogP contribution in [0.3, 0.4) is 0 Å². The van der Waals surface area contributed by atoms with Crippen molar-refractivity contribution in [2.75, 3.05) is 27.2 Å². The van der Waals surface area contributed by atoms with E-state index in [-0.39, 0.29) is 23.1 Å². The Kier molecular flexibility index (Phi) is 3.94. The zero-order valence-electron chi connectivity index (χ0n) is 14.1. The fourth-order valence-electron chi connectivity index (χ4n) is 3.28. The van der Waals surface area contributed by atoms with Crippen molar-refractivity contribution >= 4 is 28.2 Å². The van der Waals surface area contributed by atoms with Gasteiger partial charge in [-0.25, -0.2) is 0 Å². The minimum atomic E-state index is -0.359. The van der Waals surface area contributed by atoms with E-state index in [4.69, 9.17) is 4.42 Å². The largest absolute Gasteiger partial charge is 0.450 e. The number of carbonyl (C=O) groups excluding carboxylic acids is 1. The summed E-state index contributed by atoms with van der Waals surface area (Å²) in [5.74, 6) is -0.00615. The average Bonchev–Trinajstić information content (AvgIpc) is 3.21. The van der Waals surface area contributed by atoms with E-state index in [2.05, 4.69) is 0 Å². The second kappa shape index (κ2) is 6.13. The first-order chi connectivity index (χ1) is 12.1. The van der Waals surface area contributed by atoms with Gasteiger partial charge in [-0.15, -0.1) is 11.3 Å². The Labute approximate surface area is 149 Å². The number of nitrogens with zero attached hydrogens (tertiary/aromatic N) is 1.